The van der Waals surface area contributed by atoms with Gasteiger partial charge in [0.25, 0.3) is 0 Å². The Bertz CT molecular complexity index is 1320. The van der Waals surface area contributed by atoms with Gasteiger partial charge in [-0.3, -0.25) is 14.3 Å². The number of nitrogens with zero attached hydrogens (tertiary/aromatic N) is 3. The van der Waals surface area contributed by atoms with Crippen LogP contribution in [0.25, 0.3) is 27.1 Å². The largest absolute Gasteiger partial charge is 0.497 e. The van der Waals surface area contributed by atoms with Gasteiger partial charge in [0.2, 0.25) is 5.91 Å². The Morgan fingerprint density at radius 1 is 1.24 bits per heavy atom. The second kappa shape index (κ2) is 7.06. The summed E-state index contributed by atoms with van der Waals surface area (Å²) < 4.78 is 7.18. The van der Waals surface area contributed by atoms with Crippen LogP contribution in [0, 0.1) is 0 Å². The molecule has 0 aliphatic heterocycles. The van der Waals surface area contributed by atoms with Gasteiger partial charge in [-0.15, -0.1) is 11.3 Å². The van der Waals surface area contributed by atoms with Crippen LogP contribution in [0.3, 0.4) is 0 Å². The first-order valence-corrected chi connectivity index (χ1v) is 9.90. The number of nitrogens with one attached hydrogen (secondary N) is 2. The van der Waals surface area contributed by atoms with E-state index in [1.807, 2.05) is 58.4 Å². The summed E-state index contributed by atoms with van der Waals surface area (Å²) in [6.45, 7) is 0. The predicted octanol–water partition coefficient (Wildman–Crippen LogP) is 4.13. The molecule has 144 valence electrons. The van der Waals surface area contributed by atoms with E-state index in [-0.39, 0.29) is 12.3 Å². The maximum atomic E-state index is 12.6. The van der Waals surface area contributed by atoms with E-state index in [4.69, 9.17) is 4.74 Å². The van der Waals surface area contributed by atoms with E-state index in [1.165, 1.54) is 11.3 Å². The highest BCUT2D eigenvalue weighted by atomic mass is 32.1. The summed E-state index contributed by atoms with van der Waals surface area (Å²) in [6.07, 6.45) is 3.98. The van der Waals surface area contributed by atoms with Crippen molar-refractivity contribution in [3.8, 4) is 17.0 Å². The first-order valence-electron chi connectivity index (χ1n) is 9.02. The Morgan fingerprint density at radius 3 is 2.93 bits per heavy atom. The first-order chi connectivity index (χ1) is 14.2. The van der Waals surface area contributed by atoms with Crippen molar-refractivity contribution in [2.45, 2.75) is 6.42 Å². The molecule has 0 radical (unpaired) electrons. The molecule has 0 fully saturated rings. The molecule has 3 heterocycles. The number of carbonyl (C=O) groups excluding carboxylic acids is 1. The van der Waals surface area contributed by atoms with Gasteiger partial charge in [0.05, 0.1) is 30.9 Å². The van der Waals surface area contributed by atoms with Crippen molar-refractivity contribution < 1.29 is 9.53 Å². The van der Waals surface area contributed by atoms with E-state index < -0.39 is 0 Å². The number of aromatic nitrogens is 4. The number of fused-ring (bicyclic) bond motifs is 2. The van der Waals surface area contributed by atoms with Gasteiger partial charge in [-0.1, -0.05) is 0 Å². The van der Waals surface area contributed by atoms with Crippen molar-refractivity contribution in [3.05, 3.63) is 65.9 Å². The number of carbonyl (C=O) groups is 1. The monoisotopic (exact) mass is 403 g/mol. The standard InChI is InChI=1S/C21H17N5O2S/c1-28-17-6-3-13(4-7-17)19-11-26-16(12-29-21(26)24-19)9-20(27)23-15-5-2-14-10-22-25-18(14)8-15/h2-8,10-12H,9H2,1H3,(H,22,25)(H,23,27). The molecule has 3 aromatic heterocycles. The summed E-state index contributed by atoms with van der Waals surface area (Å²) in [7, 11) is 1.64. The third-order valence-corrected chi connectivity index (χ3v) is 5.63. The number of rotatable bonds is 5. The highest BCUT2D eigenvalue weighted by molar-refractivity contribution is 7.15. The summed E-state index contributed by atoms with van der Waals surface area (Å²) in [5, 5.41) is 12.8. The molecule has 1 amide bonds. The summed E-state index contributed by atoms with van der Waals surface area (Å²) in [5.74, 6) is 0.726. The highest BCUT2D eigenvalue weighted by Crippen LogP contribution is 2.26. The molecule has 0 spiro atoms. The Balaban J connectivity index is 1.35. The first kappa shape index (κ1) is 17.4. The molecule has 8 heteroatoms. The zero-order valence-corrected chi connectivity index (χ0v) is 16.4. The number of amides is 1. The topological polar surface area (TPSA) is 84.3 Å². The zero-order valence-electron chi connectivity index (χ0n) is 15.5. The second-order valence-electron chi connectivity index (χ2n) is 6.63. The van der Waals surface area contributed by atoms with Crippen LogP contribution in [0.4, 0.5) is 5.69 Å². The fourth-order valence-electron chi connectivity index (χ4n) is 3.24. The van der Waals surface area contributed by atoms with Gasteiger partial charge in [-0.25, -0.2) is 4.98 Å². The molecule has 0 saturated carbocycles. The van der Waals surface area contributed by atoms with Crippen molar-refractivity contribution in [2.24, 2.45) is 0 Å². The van der Waals surface area contributed by atoms with E-state index in [2.05, 4.69) is 20.5 Å². The SMILES string of the molecule is COc1ccc(-c2cn3c(CC(=O)Nc4ccc5cn[nH]c5c4)csc3n2)cc1. The highest BCUT2D eigenvalue weighted by Gasteiger charge is 2.13. The lowest BCUT2D eigenvalue weighted by molar-refractivity contribution is -0.115. The van der Waals surface area contributed by atoms with Crippen LogP contribution in [0.15, 0.2) is 60.2 Å². The minimum atomic E-state index is -0.0803. The van der Waals surface area contributed by atoms with Crippen molar-refractivity contribution in [1.29, 1.82) is 0 Å². The van der Waals surface area contributed by atoms with Gasteiger partial charge in [-0.2, -0.15) is 5.10 Å². The molecule has 5 rings (SSSR count). The number of H-pyrrole nitrogens is 1. The molecule has 0 aliphatic carbocycles. The van der Waals surface area contributed by atoms with Crippen LogP contribution in [0.5, 0.6) is 5.75 Å². The van der Waals surface area contributed by atoms with Crippen LogP contribution in [-0.2, 0) is 11.2 Å². The molecule has 7 nitrogen and oxygen atoms in total. The van der Waals surface area contributed by atoms with Crippen LogP contribution in [-0.4, -0.2) is 32.6 Å². The average Bonchev–Trinajstić information content (AvgIpc) is 3.45. The van der Waals surface area contributed by atoms with Crippen LogP contribution in [0.1, 0.15) is 5.69 Å². The van der Waals surface area contributed by atoms with Crippen LogP contribution in [0.2, 0.25) is 0 Å². The van der Waals surface area contributed by atoms with E-state index in [9.17, 15) is 4.79 Å². The number of hydrogen-bond donors (Lipinski definition) is 2. The number of benzene rings is 2. The van der Waals surface area contributed by atoms with Crippen molar-refractivity contribution >= 4 is 38.8 Å². The Morgan fingerprint density at radius 2 is 2.10 bits per heavy atom. The minimum Gasteiger partial charge on any atom is -0.497 e. The van der Waals surface area contributed by atoms with E-state index in [1.54, 1.807) is 13.3 Å². The number of ether oxygens (including phenoxy) is 1. The van der Waals surface area contributed by atoms with Crippen LogP contribution >= 0.6 is 11.3 Å². The number of anilines is 1. The molecular formula is C21H17N5O2S. The molecule has 0 aliphatic rings. The summed E-state index contributed by atoms with van der Waals surface area (Å²) in [6, 6.07) is 13.4. The smallest absolute Gasteiger partial charge is 0.230 e. The fraction of sp³-hybridized carbons (Fsp3) is 0.0952. The van der Waals surface area contributed by atoms with Crippen molar-refractivity contribution in [3.63, 3.8) is 0 Å². The molecule has 5 aromatic rings. The maximum Gasteiger partial charge on any atom is 0.230 e. The molecule has 0 bridgehead atoms. The summed E-state index contributed by atoms with van der Waals surface area (Å²) >= 11 is 1.52. The molecule has 0 unspecified atom stereocenters. The van der Waals surface area contributed by atoms with Crippen molar-refractivity contribution in [2.75, 3.05) is 12.4 Å². The minimum absolute atomic E-state index is 0.0803. The Kier molecular flexibility index (Phi) is 4.25. The molecular weight excluding hydrogens is 386 g/mol. The van der Waals surface area contributed by atoms with E-state index in [0.29, 0.717) is 0 Å². The van der Waals surface area contributed by atoms with Gasteiger partial charge in [0, 0.05) is 33.9 Å². The van der Waals surface area contributed by atoms with E-state index in [0.717, 1.165) is 44.3 Å². The summed E-state index contributed by atoms with van der Waals surface area (Å²) in [4.78, 5) is 18.1. The second-order valence-corrected chi connectivity index (χ2v) is 7.47. The number of imidazole rings is 1. The predicted molar refractivity (Wildman–Crippen MR) is 113 cm³/mol. The third-order valence-electron chi connectivity index (χ3n) is 4.74. The lowest BCUT2D eigenvalue weighted by Gasteiger charge is -2.05. The van der Waals surface area contributed by atoms with Crippen LogP contribution < -0.4 is 10.1 Å². The molecule has 29 heavy (non-hydrogen) atoms. The van der Waals surface area contributed by atoms with Gasteiger partial charge in [-0.05, 0) is 42.5 Å². The number of hydrogen-bond acceptors (Lipinski definition) is 5. The lowest BCUT2D eigenvalue weighted by atomic mass is 10.2. The quantitative estimate of drug-likeness (QED) is 0.462. The fourth-order valence-corrected chi connectivity index (χ4v) is 4.11. The summed E-state index contributed by atoms with van der Waals surface area (Å²) in [5.41, 5.74) is 4.40. The zero-order chi connectivity index (χ0) is 19.8. The molecule has 2 N–H and O–H groups in total. The Labute approximate surface area is 170 Å². The molecule has 2 aromatic carbocycles. The third kappa shape index (κ3) is 3.34. The van der Waals surface area contributed by atoms with E-state index >= 15 is 0 Å². The van der Waals surface area contributed by atoms with Gasteiger partial charge < -0.3 is 10.1 Å². The lowest BCUT2D eigenvalue weighted by Crippen LogP contribution is -2.15. The van der Waals surface area contributed by atoms with Gasteiger partial charge >= 0.3 is 0 Å². The van der Waals surface area contributed by atoms with Gasteiger partial charge in [0.1, 0.15) is 5.75 Å². The van der Waals surface area contributed by atoms with Gasteiger partial charge in [0.15, 0.2) is 4.96 Å². The average molecular weight is 403 g/mol. The maximum absolute atomic E-state index is 12.6. The Hall–Kier alpha value is -3.65. The number of thiazole rings is 1. The normalized spacial score (nSPS) is 11.2. The molecule has 0 saturated heterocycles. The number of aromatic amines is 1. The van der Waals surface area contributed by atoms with Crippen molar-refractivity contribution in [1.82, 2.24) is 19.6 Å². The molecule has 0 atom stereocenters. The number of methoxy groups -OCH3 is 1.